The molecule has 2 aliphatic carbocycles. The van der Waals surface area contributed by atoms with Crippen LogP contribution in [0.4, 0.5) is 0 Å². The summed E-state index contributed by atoms with van der Waals surface area (Å²) in [5.74, 6) is 0.910. The van der Waals surface area contributed by atoms with E-state index in [-0.39, 0.29) is 0 Å². The molecule has 0 aromatic carbocycles. The molecule has 15 heavy (non-hydrogen) atoms. The summed E-state index contributed by atoms with van der Waals surface area (Å²) in [6.07, 6.45) is 9.94. The summed E-state index contributed by atoms with van der Waals surface area (Å²) in [5.41, 5.74) is 0.563. The van der Waals surface area contributed by atoms with Crippen LogP contribution in [-0.2, 0) is 0 Å². The molecule has 2 unspecified atom stereocenters. The summed E-state index contributed by atoms with van der Waals surface area (Å²) >= 11 is 0. The van der Waals surface area contributed by atoms with Crippen molar-refractivity contribution in [2.24, 2.45) is 11.3 Å². The van der Waals surface area contributed by atoms with Crippen molar-refractivity contribution >= 4 is 0 Å². The molecule has 0 heterocycles. The highest BCUT2D eigenvalue weighted by Gasteiger charge is 2.33. The number of hydrogen-bond acceptors (Lipinski definition) is 1. The number of nitrogens with one attached hydrogen (secondary N) is 1. The summed E-state index contributed by atoms with van der Waals surface area (Å²) in [5, 5.41) is 3.90. The molecule has 2 saturated carbocycles. The number of hydrogen-bond donors (Lipinski definition) is 1. The Morgan fingerprint density at radius 1 is 1.00 bits per heavy atom. The minimum Gasteiger partial charge on any atom is -0.311 e. The highest BCUT2D eigenvalue weighted by atomic mass is 15.0. The summed E-state index contributed by atoms with van der Waals surface area (Å²) in [7, 11) is 0. The Morgan fingerprint density at radius 3 is 2.27 bits per heavy atom. The third-order valence-corrected chi connectivity index (χ3v) is 4.21. The average molecular weight is 209 g/mol. The Hall–Kier alpha value is -0.0400. The maximum Gasteiger partial charge on any atom is 0.00772 e. The van der Waals surface area contributed by atoms with Crippen LogP contribution in [0.2, 0.25) is 0 Å². The molecule has 0 aromatic heterocycles. The van der Waals surface area contributed by atoms with Crippen molar-refractivity contribution < 1.29 is 0 Å². The molecule has 0 bridgehead atoms. The van der Waals surface area contributed by atoms with Gasteiger partial charge in [0.25, 0.3) is 0 Å². The minimum atomic E-state index is 0.563. The van der Waals surface area contributed by atoms with Crippen LogP contribution in [0.3, 0.4) is 0 Å². The van der Waals surface area contributed by atoms with E-state index in [1.54, 1.807) is 0 Å². The second-order valence-electron chi connectivity index (χ2n) is 6.76. The topological polar surface area (TPSA) is 12.0 Å². The smallest absolute Gasteiger partial charge is 0.00772 e. The lowest BCUT2D eigenvalue weighted by atomic mass is 9.70. The molecule has 2 fully saturated rings. The van der Waals surface area contributed by atoms with Crippen molar-refractivity contribution in [3.05, 3.63) is 0 Å². The van der Waals surface area contributed by atoms with Crippen molar-refractivity contribution in [2.45, 2.75) is 77.8 Å². The molecule has 0 saturated heterocycles. The van der Waals surface area contributed by atoms with Crippen LogP contribution < -0.4 is 5.32 Å². The standard InChI is InChI=1S/C14H27N/c1-11-8-13(10-14(2,3)9-11)15-12-6-4-5-7-12/h11-13,15H,4-10H2,1-3H3. The third kappa shape index (κ3) is 3.21. The van der Waals surface area contributed by atoms with E-state index in [0.717, 1.165) is 18.0 Å². The zero-order valence-corrected chi connectivity index (χ0v) is 10.7. The highest BCUT2D eigenvalue weighted by Crippen LogP contribution is 2.39. The zero-order valence-electron chi connectivity index (χ0n) is 10.7. The fourth-order valence-electron chi connectivity index (χ4n) is 3.90. The van der Waals surface area contributed by atoms with Gasteiger partial charge in [-0.25, -0.2) is 0 Å². The first-order valence-corrected chi connectivity index (χ1v) is 6.81. The van der Waals surface area contributed by atoms with E-state index in [2.05, 4.69) is 26.1 Å². The molecule has 0 radical (unpaired) electrons. The molecule has 0 spiro atoms. The predicted molar refractivity (Wildman–Crippen MR) is 66.0 cm³/mol. The van der Waals surface area contributed by atoms with Crippen molar-refractivity contribution in [3.63, 3.8) is 0 Å². The summed E-state index contributed by atoms with van der Waals surface area (Å²) in [4.78, 5) is 0. The van der Waals surface area contributed by atoms with Gasteiger partial charge >= 0.3 is 0 Å². The van der Waals surface area contributed by atoms with Gasteiger partial charge in [0, 0.05) is 12.1 Å². The predicted octanol–water partition coefficient (Wildman–Crippen LogP) is 3.73. The fourth-order valence-corrected chi connectivity index (χ4v) is 3.90. The molecule has 0 aromatic rings. The van der Waals surface area contributed by atoms with Crippen LogP contribution in [0.25, 0.3) is 0 Å². The Labute approximate surface area is 95.0 Å². The maximum atomic E-state index is 3.90. The lowest BCUT2D eigenvalue weighted by Gasteiger charge is -2.40. The second-order valence-corrected chi connectivity index (χ2v) is 6.76. The van der Waals surface area contributed by atoms with Gasteiger partial charge in [-0.05, 0) is 43.4 Å². The van der Waals surface area contributed by atoms with E-state index in [4.69, 9.17) is 0 Å². The first-order chi connectivity index (χ1) is 7.05. The molecule has 2 rings (SSSR count). The van der Waals surface area contributed by atoms with E-state index in [1.165, 1.54) is 44.9 Å². The van der Waals surface area contributed by atoms with Gasteiger partial charge in [-0.3, -0.25) is 0 Å². The van der Waals surface area contributed by atoms with Crippen molar-refractivity contribution in [2.75, 3.05) is 0 Å². The van der Waals surface area contributed by atoms with Crippen molar-refractivity contribution in [1.82, 2.24) is 5.32 Å². The van der Waals surface area contributed by atoms with E-state index >= 15 is 0 Å². The van der Waals surface area contributed by atoms with Crippen LogP contribution >= 0.6 is 0 Å². The first-order valence-electron chi connectivity index (χ1n) is 6.81. The van der Waals surface area contributed by atoms with Crippen molar-refractivity contribution in [3.8, 4) is 0 Å². The summed E-state index contributed by atoms with van der Waals surface area (Å²) in [6, 6.07) is 1.64. The van der Waals surface area contributed by atoms with Gasteiger partial charge in [0.2, 0.25) is 0 Å². The molecule has 1 N–H and O–H groups in total. The molecule has 88 valence electrons. The SMILES string of the molecule is CC1CC(NC2CCCC2)CC(C)(C)C1. The molecule has 0 aliphatic heterocycles. The van der Waals surface area contributed by atoms with Crippen LogP contribution in [-0.4, -0.2) is 12.1 Å². The van der Waals surface area contributed by atoms with Gasteiger partial charge in [0.1, 0.15) is 0 Å². The molecule has 1 nitrogen and oxygen atoms in total. The van der Waals surface area contributed by atoms with E-state index in [1.807, 2.05) is 0 Å². The van der Waals surface area contributed by atoms with Crippen LogP contribution in [0, 0.1) is 11.3 Å². The van der Waals surface area contributed by atoms with E-state index < -0.39 is 0 Å². The minimum absolute atomic E-state index is 0.563. The molecular formula is C14H27N. The van der Waals surface area contributed by atoms with Gasteiger partial charge in [-0.1, -0.05) is 33.6 Å². The summed E-state index contributed by atoms with van der Waals surface area (Å²) in [6.45, 7) is 7.29. The molecule has 2 atom stereocenters. The Kier molecular flexibility index (Phi) is 3.39. The van der Waals surface area contributed by atoms with E-state index in [9.17, 15) is 0 Å². The van der Waals surface area contributed by atoms with Gasteiger partial charge in [-0.15, -0.1) is 0 Å². The first kappa shape index (κ1) is 11.4. The van der Waals surface area contributed by atoms with Gasteiger partial charge < -0.3 is 5.32 Å². The monoisotopic (exact) mass is 209 g/mol. The van der Waals surface area contributed by atoms with Crippen LogP contribution in [0.5, 0.6) is 0 Å². The molecular weight excluding hydrogens is 182 g/mol. The van der Waals surface area contributed by atoms with Crippen molar-refractivity contribution in [1.29, 1.82) is 0 Å². The lowest BCUT2D eigenvalue weighted by Crippen LogP contribution is -2.44. The average Bonchev–Trinajstić information content (AvgIpc) is 2.52. The molecule has 1 heteroatoms. The van der Waals surface area contributed by atoms with Gasteiger partial charge in [-0.2, -0.15) is 0 Å². The Morgan fingerprint density at radius 2 is 1.67 bits per heavy atom. The highest BCUT2D eigenvalue weighted by molar-refractivity contribution is 4.89. The normalized spacial score (nSPS) is 37.0. The van der Waals surface area contributed by atoms with Crippen LogP contribution in [0.1, 0.15) is 65.7 Å². The lowest BCUT2D eigenvalue weighted by molar-refractivity contribution is 0.144. The Bertz CT molecular complexity index is 203. The van der Waals surface area contributed by atoms with Gasteiger partial charge in [0.05, 0.1) is 0 Å². The van der Waals surface area contributed by atoms with Gasteiger partial charge in [0.15, 0.2) is 0 Å². The summed E-state index contributed by atoms with van der Waals surface area (Å²) < 4.78 is 0. The molecule has 0 amide bonds. The zero-order chi connectivity index (χ0) is 10.9. The van der Waals surface area contributed by atoms with Crippen LogP contribution in [0.15, 0.2) is 0 Å². The van der Waals surface area contributed by atoms with E-state index in [0.29, 0.717) is 5.41 Å². The Balaban J connectivity index is 1.85. The second kappa shape index (κ2) is 4.45. The third-order valence-electron chi connectivity index (χ3n) is 4.21. The quantitative estimate of drug-likeness (QED) is 0.730. The maximum absolute atomic E-state index is 3.90. The number of rotatable bonds is 2. The fraction of sp³-hybridized carbons (Fsp3) is 1.00. The largest absolute Gasteiger partial charge is 0.311 e. The molecule has 2 aliphatic rings.